The van der Waals surface area contributed by atoms with Gasteiger partial charge in [0.15, 0.2) is 0 Å². The van der Waals surface area contributed by atoms with Crippen LogP contribution in [0.25, 0.3) is 0 Å². The highest BCUT2D eigenvalue weighted by molar-refractivity contribution is 7.73. The molecule has 0 spiro atoms. The molecule has 13 heteroatoms. The van der Waals surface area contributed by atoms with Crippen LogP contribution in [0.5, 0.6) is 0 Å². The highest BCUT2D eigenvalue weighted by atomic mass is 31.2. The van der Waals surface area contributed by atoms with E-state index < -0.39 is 50.3 Å². The first kappa shape index (κ1) is 22.7. The zero-order chi connectivity index (χ0) is 22.2. The molecular formula is C17H18FNO9P2. The van der Waals surface area contributed by atoms with Gasteiger partial charge in [0.1, 0.15) is 5.82 Å². The van der Waals surface area contributed by atoms with Crippen molar-refractivity contribution >= 4 is 21.2 Å². The number of esters is 1. The largest absolute Gasteiger partial charge is 0.462 e. The summed E-state index contributed by atoms with van der Waals surface area (Å²) in [4.78, 5) is 36.6. The minimum atomic E-state index is -5.25. The molecular weight excluding hydrogens is 443 g/mol. The van der Waals surface area contributed by atoms with Gasteiger partial charge < -0.3 is 19.6 Å². The van der Waals surface area contributed by atoms with Crippen LogP contribution >= 0.6 is 15.2 Å². The maximum Gasteiger partial charge on any atom is 0.374 e. The summed E-state index contributed by atoms with van der Waals surface area (Å²) in [6, 6.07) is 5.52. The molecule has 0 amide bonds. The molecule has 1 aromatic carbocycles. The number of carbonyl (C=O) groups excluding carboxylic acids is 1. The Kier molecular flexibility index (Phi) is 6.27. The van der Waals surface area contributed by atoms with Gasteiger partial charge in [-0.2, -0.15) is 0 Å². The molecule has 0 bridgehead atoms. The minimum Gasteiger partial charge on any atom is -0.462 e. The lowest BCUT2D eigenvalue weighted by molar-refractivity contribution is -0.0585. The summed E-state index contributed by atoms with van der Waals surface area (Å²) in [6.45, 7) is 1.45. The van der Waals surface area contributed by atoms with Crippen molar-refractivity contribution in [1.82, 2.24) is 4.98 Å². The van der Waals surface area contributed by atoms with Crippen molar-refractivity contribution in [2.75, 3.05) is 6.61 Å². The molecule has 2 unspecified atom stereocenters. The van der Waals surface area contributed by atoms with Crippen LogP contribution in [-0.4, -0.2) is 37.5 Å². The lowest BCUT2D eigenvalue weighted by Crippen LogP contribution is -2.38. The number of hydrogen-bond acceptors (Lipinski definition) is 8. The second-order valence-corrected chi connectivity index (χ2v) is 10.7. The van der Waals surface area contributed by atoms with Gasteiger partial charge in [0.05, 0.1) is 12.2 Å². The van der Waals surface area contributed by atoms with E-state index in [2.05, 4.69) is 4.98 Å². The molecule has 1 aliphatic rings. The summed E-state index contributed by atoms with van der Waals surface area (Å²) >= 11 is 0. The Morgan fingerprint density at radius 1 is 1.27 bits per heavy atom. The molecule has 1 fully saturated rings. The summed E-state index contributed by atoms with van der Waals surface area (Å²) in [6.07, 6.45) is -0.169. The van der Waals surface area contributed by atoms with Crippen LogP contribution < -0.4 is 0 Å². The van der Waals surface area contributed by atoms with Crippen molar-refractivity contribution in [3.63, 3.8) is 0 Å². The zero-order valence-corrected chi connectivity index (χ0v) is 17.3. The van der Waals surface area contributed by atoms with E-state index in [1.54, 1.807) is 0 Å². The number of benzene rings is 1. The Labute approximate surface area is 170 Å². The number of ether oxygens (including phenoxy) is 1. The van der Waals surface area contributed by atoms with Crippen LogP contribution in [0.2, 0.25) is 0 Å². The van der Waals surface area contributed by atoms with Crippen LogP contribution in [0.15, 0.2) is 42.7 Å². The van der Waals surface area contributed by atoms with Crippen molar-refractivity contribution < 1.29 is 47.0 Å². The molecule has 1 aliphatic heterocycles. The molecule has 1 aromatic heterocycles. The van der Waals surface area contributed by atoms with Crippen LogP contribution in [0.1, 0.15) is 34.7 Å². The summed E-state index contributed by atoms with van der Waals surface area (Å²) in [7, 11) is -10.5. The molecule has 0 radical (unpaired) electrons. The number of halogens is 1. The highest BCUT2D eigenvalue weighted by Crippen LogP contribution is 2.79. The van der Waals surface area contributed by atoms with E-state index >= 15 is 0 Å². The Morgan fingerprint density at radius 3 is 2.50 bits per heavy atom. The normalized spacial score (nSPS) is 31.3. The number of aliphatic hydroxyl groups is 1. The third-order valence-corrected chi connectivity index (χ3v) is 8.91. The Hall–Kier alpha value is -1.97. The smallest absolute Gasteiger partial charge is 0.374 e. The predicted octanol–water partition coefficient (Wildman–Crippen LogP) is 2.70. The second-order valence-electron chi connectivity index (χ2n) is 6.35. The summed E-state index contributed by atoms with van der Waals surface area (Å²) < 4.78 is 54.0. The molecule has 2 aromatic rings. The van der Waals surface area contributed by atoms with E-state index in [4.69, 9.17) is 13.8 Å². The molecule has 162 valence electrons. The Morgan fingerprint density at radius 2 is 1.93 bits per heavy atom. The van der Waals surface area contributed by atoms with Crippen molar-refractivity contribution in [3.05, 3.63) is 65.2 Å². The minimum absolute atomic E-state index is 0.0526. The number of carbonyl (C=O) groups is 1. The third kappa shape index (κ3) is 4.10. The fraction of sp³-hybridized carbons (Fsp3) is 0.294. The summed E-state index contributed by atoms with van der Waals surface area (Å²) in [5.74, 6) is -1.83. The molecule has 2 atom stereocenters. The van der Waals surface area contributed by atoms with Crippen LogP contribution in [0.4, 0.5) is 4.39 Å². The predicted molar refractivity (Wildman–Crippen MR) is 99.8 cm³/mol. The summed E-state index contributed by atoms with van der Waals surface area (Å²) in [5, 5.41) is 7.51. The van der Waals surface area contributed by atoms with E-state index in [9.17, 15) is 33.2 Å². The monoisotopic (exact) mass is 461 g/mol. The fourth-order valence-corrected chi connectivity index (χ4v) is 6.38. The van der Waals surface area contributed by atoms with Crippen molar-refractivity contribution in [2.45, 2.75) is 24.7 Å². The number of rotatable bonds is 5. The highest BCUT2D eigenvalue weighted by Gasteiger charge is 2.67. The van der Waals surface area contributed by atoms with Gasteiger partial charge in [0, 0.05) is 24.4 Å². The van der Waals surface area contributed by atoms with Crippen molar-refractivity contribution in [1.29, 1.82) is 0 Å². The molecule has 2 heterocycles. The molecule has 0 aliphatic carbocycles. The van der Waals surface area contributed by atoms with Gasteiger partial charge in [-0.3, -0.25) is 23.2 Å². The fourth-order valence-electron chi connectivity index (χ4n) is 2.82. The SMILES string of the molecule is CCOC(=O)c1cc(F)ccc1C1OP(=O)(O)C(O)(Cc2cccnc2)P(=O)(O)O1. The first-order valence-corrected chi connectivity index (χ1v) is 11.8. The Bertz CT molecular complexity index is 1020. The first-order chi connectivity index (χ1) is 14.0. The Balaban J connectivity index is 2.01. The number of hydrogen-bond donors (Lipinski definition) is 3. The van der Waals surface area contributed by atoms with Gasteiger partial charge >= 0.3 is 21.2 Å². The second kappa shape index (κ2) is 8.28. The van der Waals surface area contributed by atoms with E-state index in [0.717, 1.165) is 18.2 Å². The molecule has 3 N–H and O–H groups in total. The third-order valence-electron chi connectivity index (χ3n) is 4.31. The van der Waals surface area contributed by atoms with Gasteiger partial charge in [0.2, 0.25) is 6.29 Å². The summed E-state index contributed by atoms with van der Waals surface area (Å²) in [5.41, 5.74) is -0.579. The molecule has 3 rings (SSSR count). The standard InChI is InChI=1S/C17H18FNO9P2/c1-2-26-15(20)14-8-12(18)5-6-13(14)16-27-29(22,23)17(21,30(24,25)28-16)9-11-4-3-7-19-10-11/h3-8,10,16,21H,2,9H2,1H3,(H,22,23)(H,24,25). The quantitative estimate of drug-likeness (QED) is 0.448. The van der Waals surface area contributed by atoms with Gasteiger partial charge in [-0.05, 0) is 30.7 Å². The van der Waals surface area contributed by atoms with E-state index in [1.165, 1.54) is 31.5 Å². The lowest BCUT2D eigenvalue weighted by atomic mass is 10.1. The zero-order valence-electron chi connectivity index (χ0n) is 15.5. The van der Waals surface area contributed by atoms with Gasteiger partial charge in [-0.25, -0.2) is 9.18 Å². The van der Waals surface area contributed by atoms with Crippen molar-refractivity contribution in [3.8, 4) is 0 Å². The van der Waals surface area contributed by atoms with Crippen molar-refractivity contribution in [2.24, 2.45) is 0 Å². The van der Waals surface area contributed by atoms with Crippen LogP contribution in [0, 0.1) is 5.82 Å². The topological polar surface area (TPSA) is 152 Å². The molecule has 0 saturated carbocycles. The van der Waals surface area contributed by atoms with Crippen LogP contribution in [0.3, 0.4) is 0 Å². The number of aromatic nitrogens is 1. The lowest BCUT2D eigenvalue weighted by Gasteiger charge is -2.41. The molecule has 10 nitrogen and oxygen atoms in total. The van der Waals surface area contributed by atoms with Gasteiger partial charge in [-0.1, -0.05) is 12.1 Å². The van der Waals surface area contributed by atoms with Gasteiger partial charge in [0.25, 0.3) is 5.08 Å². The van der Waals surface area contributed by atoms with E-state index in [0.29, 0.717) is 0 Å². The average Bonchev–Trinajstić information content (AvgIpc) is 2.67. The van der Waals surface area contributed by atoms with Gasteiger partial charge in [-0.15, -0.1) is 0 Å². The van der Waals surface area contributed by atoms with E-state index in [-0.39, 0.29) is 17.7 Å². The average molecular weight is 461 g/mol. The number of pyridine rings is 1. The van der Waals surface area contributed by atoms with E-state index in [1.807, 2.05) is 0 Å². The number of nitrogens with zero attached hydrogens (tertiary/aromatic N) is 1. The first-order valence-electron chi connectivity index (χ1n) is 8.61. The maximum atomic E-state index is 13.6. The van der Waals surface area contributed by atoms with Crippen LogP contribution in [-0.2, 0) is 29.3 Å². The molecule has 30 heavy (non-hydrogen) atoms. The maximum absolute atomic E-state index is 13.6. The molecule has 1 saturated heterocycles.